The molecule has 0 aliphatic heterocycles. The first kappa shape index (κ1) is 13.6. The Morgan fingerprint density at radius 1 is 1.05 bits per heavy atom. The molecule has 2 N–H and O–H groups in total. The van der Waals surface area contributed by atoms with Crippen molar-refractivity contribution >= 4 is 0 Å². The lowest BCUT2D eigenvalue weighted by molar-refractivity contribution is 0.338. The van der Waals surface area contributed by atoms with E-state index in [0.29, 0.717) is 13.2 Å². The maximum absolute atomic E-state index is 5.95. The van der Waals surface area contributed by atoms with E-state index in [4.69, 9.17) is 10.5 Å². The molecule has 0 aliphatic rings. The first-order valence-electron chi connectivity index (χ1n) is 6.74. The van der Waals surface area contributed by atoms with Crippen LogP contribution in [0.1, 0.15) is 29.5 Å². The average Bonchev–Trinajstić information content (AvgIpc) is 2.44. The number of rotatable bonds is 5. The molecule has 0 saturated heterocycles. The Hall–Kier alpha value is -1.80. The third-order valence-corrected chi connectivity index (χ3v) is 3.34. The molecule has 0 spiro atoms. The lowest BCUT2D eigenvalue weighted by Crippen LogP contribution is -2.14. The number of benzene rings is 2. The first-order valence-corrected chi connectivity index (χ1v) is 6.74. The molecule has 0 bridgehead atoms. The van der Waals surface area contributed by atoms with Gasteiger partial charge in [0.25, 0.3) is 0 Å². The summed E-state index contributed by atoms with van der Waals surface area (Å²) in [6.45, 7) is 5.38. The number of hydrogen-bond donors (Lipinski definition) is 1. The minimum atomic E-state index is 0.246. The topological polar surface area (TPSA) is 35.2 Å². The Bertz CT molecular complexity index is 522. The Morgan fingerprint density at radius 3 is 2.37 bits per heavy atom. The summed E-state index contributed by atoms with van der Waals surface area (Å²) in [7, 11) is 0. The van der Waals surface area contributed by atoms with E-state index in [1.54, 1.807) is 0 Å². The van der Waals surface area contributed by atoms with Gasteiger partial charge in [-0.15, -0.1) is 0 Å². The number of hydrogen-bond acceptors (Lipinski definition) is 2. The van der Waals surface area contributed by atoms with Gasteiger partial charge in [-0.1, -0.05) is 42.5 Å². The van der Waals surface area contributed by atoms with Gasteiger partial charge in [-0.2, -0.15) is 0 Å². The monoisotopic (exact) mass is 255 g/mol. The molecule has 1 atom stereocenters. The summed E-state index contributed by atoms with van der Waals surface area (Å²) in [5.74, 6) is 1.20. The number of aryl methyl sites for hydroxylation is 1. The zero-order valence-electron chi connectivity index (χ0n) is 11.6. The zero-order valence-corrected chi connectivity index (χ0v) is 11.6. The van der Waals surface area contributed by atoms with Crippen LogP contribution < -0.4 is 10.5 Å². The molecule has 100 valence electrons. The second-order valence-corrected chi connectivity index (χ2v) is 4.66. The van der Waals surface area contributed by atoms with E-state index in [-0.39, 0.29) is 5.92 Å². The second-order valence-electron chi connectivity index (χ2n) is 4.66. The minimum absolute atomic E-state index is 0.246. The summed E-state index contributed by atoms with van der Waals surface area (Å²) in [5.41, 5.74) is 9.62. The normalized spacial score (nSPS) is 12.2. The maximum Gasteiger partial charge on any atom is 0.122 e. The molecule has 2 heteroatoms. The largest absolute Gasteiger partial charge is 0.494 e. The van der Waals surface area contributed by atoms with Gasteiger partial charge in [0.2, 0.25) is 0 Å². The van der Waals surface area contributed by atoms with E-state index in [1.165, 1.54) is 11.1 Å². The van der Waals surface area contributed by atoms with Crippen molar-refractivity contribution in [3.8, 4) is 5.75 Å². The zero-order chi connectivity index (χ0) is 13.7. The van der Waals surface area contributed by atoms with Crippen LogP contribution in [0.2, 0.25) is 0 Å². The van der Waals surface area contributed by atoms with Gasteiger partial charge in [-0.3, -0.25) is 0 Å². The standard InChI is InChI=1S/C17H21NO/c1-3-19-17-10-9-15(11-13(17)2)16(12-18)14-7-5-4-6-8-14/h4-11,16H,3,12,18H2,1-2H3. The van der Waals surface area contributed by atoms with Crippen molar-refractivity contribution in [3.63, 3.8) is 0 Å². The van der Waals surface area contributed by atoms with E-state index in [9.17, 15) is 0 Å². The molecule has 2 rings (SSSR count). The third kappa shape index (κ3) is 3.15. The van der Waals surface area contributed by atoms with Crippen LogP contribution in [-0.2, 0) is 0 Å². The Labute approximate surface area is 115 Å². The summed E-state index contributed by atoms with van der Waals surface area (Å²) >= 11 is 0. The highest BCUT2D eigenvalue weighted by Crippen LogP contribution is 2.27. The molecule has 2 nitrogen and oxygen atoms in total. The number of nitrogens with two attached hydrogens (primary N) is 1. The van der Waals surface area contributed by atoms with Crippen molar-refractivity contribution in [2.75, 3.05) is 13.2 Å². The van der Waals surface area contributed by atoms with Crippen LogP contribution in [0.15, 0.2) is 48.5 Å². The van der Waals surface area contributed by atoms with Gasteiger partial charge >= 0.3 is 0 Å². The van der Waals surface area contributed by atoms with E-state index >= 15 is 0 Å². The molecule has 0 amide bonds. The van der Waals surface area contributed by atoms with Gasteiger partial charge in [0.05, 0.1) is 6.61 Å². The van der Waals surface area contributed by atoms with Gasteiger partial charge in [0.1, 0.15) is 5.75 Å². The summed E-state index contributed by atoms with van der Waals surface area (Å²) in [6.07, 6.45) is 0. The van der Waals surface area contributed by atoms with E-state index in [1.807, 2.05) is 19.1 Å². The molecule has 2 aromatic carbocycles. The lowest BCUT2D eigenvalue weighted by atomic mass is 9.90. The SMILES string of the molecule is CCOc1ccc(C(CN)c2ccccc2)cc1C. The molecule has 0 aliphatic carbocycles. The van der Waals surface area contributed by atoms with Gasteiger partial charge in [-0.05, 0) is 36.6 Å². The molecule has 2 aromatic rings. The van der Waals surface area contributed by atoms with Crippen LogP contribution in [0.3, 0.4) is 0 Å². The minimum Gasteiger partial charge on any atom is -0.494 e. The van der Waals surface area contributed by atoms with Crippen molar-refractivity contribution in [3.05, 3.63) is 65.2 Å². The van der Waals surface area contributed by atoms with Crippen LogP contribution in [0.25, 0.3) is 0 Å². The van der Waals surface area contributed by atoms with Crippen LogP contribution in [0, 0.1) is 6.92 Å². The highest BCUT2D eigenvalue weighted by molar-refractivity contribution is 5.41. The fourth-order valence-electron chi connectivity index (χ4n) is 2.36. The fraction of sp³-hybridized carbons (Fsp3) is 0.294. The van der Waals surface area contributed by atoms with Crippen LogP contribution in [0.5, 0.6) is 5.75 Å². The van der Waals surface area contributed by atoms with Crippen LogP contribution in [-0.4, -0.2) is 13.2 Å². The molecule has 1 unspecified atom stereocenters. The molecule has 19 heavy (non-hydrogen) atoms. The molecular formula is C17H21NO. The van der Waals surface area contributed by atoms with Gasteiger partial charge in [0, 0.05) is 12.5 Å². The van der Waals surface area contributed by atoms with Gasteiger partial charge in [-0.25, -0.2) is 0 Å². The quantitative estimate of drug-likeness (QED) is 0.887. The Kier molecular flexibility index (Phi) is 4.58. The lowest BCUT2D eigenvalue weighted by Gasteiger charge is -2.17. The molecule has 0 aromatic heterocycles. The first-order chi connectivity index (χ1) is 9.26. The van der Waals surface area contributed by atoms with Crippen molar-refractivity contribution in [1.29, 1.82) is 0 Å². The molecule has 0 radical (unpaired) electrons. The Balaban J connectivity index is 2.32. The molecular weight excluding hydrogens is 234 g/mol. The van der Waals surface area contributed by atoms with E-state index in [2.05, 4.69) is 43.3 Å². The average molecular weight is 255 g/mol. The van der Waals surface area contributed by atoms with E-state index in [0.717, 1.165) is 11.3 Å². The van der Waals surface area contributed by atoms with Crippen LogP contribution in [0.4, 0.5) is 0 Å². The van der Waals surface area contributed by atoms with Crippen molar-refractivity contribution < 1.29 is 4.74 Å². The molecule has 0 fully saturated rings. The summed E-state index contributed by atoms with van der Waals surface area (Å²) in [6, 6.07) is 16.7. The third-order valence-electron chi connectivity index (χ3n) is 3.34. The highest BCUT2D eigenvalue weighted by Gasteiger charge is 2.13. The predicted octanol–water partition coefficient (Wildman–Crippen LogP) is 3.48. The maximum atomic E-state index is 5.95. The van der Waals surface area contributed by atoms with Crippen molar-refractivity contribution in [2.24, 2.45) is 5.73 Å². The Morgan fingerprint density at radius 2 is 1.79 bits per heavy atom. The van der Waals surface area contributed by atoms with E-state index < -0.39 is 0 Å². The van der Waals surface area contributed by atoms with Crippen molar-refractivity contribution in [2.45, 2.75) is 19.8 Å². The number of ether oxygens (including phenoxy) is 1. The summed E-state index contributed by atoms with van der Waals surface area (Å²) in [4.78, 5) is 0. The second kappa shape index (κ2) is 6.39. The fourth-order valence-corrected chi connectivity index (χ4v) is 2.36. The summed E-state index contributed by atoms with van der Waals surface area (Å²) in [5, 5.41) is 0. The van der Waals surface area contributed by atoms with Crippen molar-refractivity contribution in [1.82, 2.24) is 0 Å². The molecule has 0 saturated carbocycles. The molecule has 0 heterocycles. The summed E-state index contributed by atoms with van der Waals surface area (Å²) < 4.78 is 5.58. The van der Waals surface area contributed by atoms with Crippen LogP contribution >= 0.6 is 0 Å². The predicted molar refractivity (Wildman–Crippen MR) is 79.7 cm³/mol. The van der Waals surface area contributed by atoms with Gasteiger partial charge in [0.15, 0.2) is 0 Å². The van der Waals surface area contributed by atoms with Gasteiger partial charge < -0.3 is 10.5 Å². The smallest absolute Gasteiger partial charge is 0.122 e. The highest BCUT2D eigenvalue weighted by atomic mass is 16.5.